The Morgan fingerprint density at radius 1 is 1.18 bits per heavy atom. The van der Waals surface area contributed by atoms with Crippen LogP contribution in [0, 0.1) is 0 Å². The Kier molecular flexibility index (Phi) is 3.81. The number of carboxylic acids is 1. The molecule has 0 radical (unpaired) electrons. The molecule has 0 atom stereocenters. The predicted octanol–water partition coefficient (Wildman–Crippen LogP) is 2.02. The number of carboxylic acid groups (broad SMARTS) is 1. The van der Waals surface area contributed by atoms with Crippen molar-refractivity contribution in [2.45, 2.75) is 32.1 Å². The van der Waals surface area contributed by atoms with Crippen LogP contribution in [0.15, 0.2) is 30.5 Å². The normalized spacial score (nSPS) is 10.8. The SMILES string of the molecule is O=C([O-])CCCCCc1c[nH]c2ccccc12. The molecule has 0 aliphatic carbocycles. The van der Waals surface area contributed by atoms with Crippen molar-refractivity contribution in [3.63, 3.8) is 0 Å². The largest absolute Gasteiger partial charge is 0.550 e. The minimum Gasteiger partial charge on any atom is -0.550 e. The summed E-state index contributed by atoms with van der Waals surface area (Å²) in [6.45, 7) is 0. The molecule has 2 rings (SSSR count). The molecule has 0 amide bonds. The van der Waals surface area contributed by atoms with E-state index in [0.717, 1.165) is 24.8 Å². The second-order valence-corrected chi connectivity index (χ2v) is 4.29. The van der Waals surface area contributed by atoms with Gasteiger partial charge in [-0.15, -0.1) is 0 Å². The van der Waals surface area contributed by atoms with Crippen molar-refractivity contribution < 1.29 is 9.90 Å². The summed E-state index contributed by atoms with van der Waals surface area (Å²) in [7, 11) is 0. The number of aliphatic carboxylic acids is 1. The highest BCUT2D eigenvalue weighted by atomic mass is 16.4. The number of carbonyl (C=O) groups is 1. The number of hydrogen-bond acceptors (Lipinski definition) is 2. The molecule has 3 heteroatoms. The highest BCUT2D eigenvalue weighted by Crippen LogP contribution is 2.19. The van der Waals surface area contributed by atoms with E-state index in [-0.39, 0.29) is 6.42 Å². The zero-order chi connectivity index (χ0) is 12.1. The zero-order valence-corrected chi connectivity index (χ0v) is 9.74. The first-order valence-corrected chi connectivity index (χ1v) is 6.02. The van der Waals surface area contributed by atoms with Crippen LogP contribution in [-0.2, 0) is 11.2 Å². The van der Waals surface area contributed by atoms with Gasteiger partial charge in [0, 0.05) is 23.1 Å². The summed E-state index contributed by atoms with van der Waals surface area (Å²) in [5, 5.41) is 11.5. The minimum atomic E-state index is -0.947. The lowest BCUT2D eigenvalue weighted by atomic mass is 10.1. The quantitative estimate of drug-likeness (QED) is 0.772. The van der Waals surface area contributed by atoms with Gasteiger partial charge in [-0.25, -0.2) is 0 Å². The molecule has 3 nitrogen and oxygen atoms in total. The van der Waals surface area contributed by atoms with Crippen LogP contribution in [0.1, 0.15) is 31.2 Å². The Hall–Kier alpha value is -1.77. The number of rotatable bonds is 6. The van der Waals surface area contributed by atoms with Gasteiger partial charge in [0.1, 0.15) is 0 Å². The fourth-order valence-electron chi connectivity index (χ4n) is 2.10. The van der Waals surface area contributed by atoms with Crippen LogP contribution in [0.25, 0.3) is 10.9 Å². The van der Waals surface area contributed by atoms with Gasteiger partial charge < -0.3 is 14.9 Å². The molecule has 1 aromatic heterocycles. The van der Waals surface area contributed by atoms with Crippen molar-refractivity contribution in [2.24, 2.45) is 0 Å². The van der Waals surface area contributed by atoms with Gasteiger partial charge in [-0.2, -0.15) is 0 Å². The molecule has 90 valence electrons. The van der Waals surface area contributed by atoms with Crippen molar-refractivity contribution in [2.75, 3.05) is 0 Å². The molecular formula is C14H16NO2-. The Balaban J connectivity index is 1.85. The summed E-state index contributed by atoms with van der Waals surface area (Å²) in [4.78, 5) is 13.5. The van der Waals surface area contributed by atoms with Gasteiger partial charge in [0.2, 0.25) is 0 Å². The molecule has 1 N–H and O–H groups in total. The summed E-state index contributed by atoms with van der Waals surface area (Å²) < 4.78 is 0. The monoisotopic (exact) mass is 230 g/mol. The third-order valence-electron chi connectivity index (χ3n) is 3.00. The lowest BCUT2D eigenvalue weighted by Gasteiger charge is -2.02. The predicted molar refractivity (Wildman–Crippen MR) is 65.5 cm³/mol. The Labute approximate surface area is 100 Å². The zero-order valence-electron chi connectivity index (χ0n) is 9.74. The van der Waals surface area contributed by atoms with E-state index >= 15 is 0 Å². The molecule has 0 bridgehead atoms. The number of unbranched alkanes of at least 4 members (excludes halogenated alkanes) is 2. The highest BCUT2D eigenvalue weighted by Gasteiger charge is 2.01. The van der Waals surface area contributed by atoms with E-state index < -0.39 is 5.97 Å². The van der Waals surface area contributed by atoms with Gasteiger partial charge in [-0.05, 0) is 37.3 Å². The summed E-state index contributed by atoms with van der Waals surface area (Å²) in [5.74, 6) is -0.947. The van der Waals surface area contributed by atoms with Gasteiger partial charge in [0.25, 0.3) is 0 Å². The van der Waals surface area contributed by atoms with Gasteiger partial charge in [0.05, 0.1) is 0 Å². The van der Waals surface area contributed by atoms with E-state index in [1.807, 2.05) is 18.3 Å². The molecule has 2 aromatic rings. The van der Waals surface area contributed by atoms with Gasteiger partial charge in [-0.3, -0.25) is 0 Å². The van der Waals surface area contributed by atoms with Gasteiger partial charge >= 0.3 is 0 Å². The Bertz CT molecular complexity index is 502. The van der Waals surface area contributed by atoms with Crippen LogP contribution in [0.3, 0.4) is 0 Å². The van der Waals surface area contributed by atoms with E-state index in [0.29, 0.717) is 6.42 Å². The molecule has 1 aromatic carbocycles. The van der Waals surface area contributed by atoms with Crippen molar-refractivity contribution in [3.8, 4) is 0 Å². The van der Waals surface area contributed by atoms with Crippen LogP contribution in [0.5, 0.6) is 0 Å². The van der Waals surface area contributed by atoms with Crippen molar-refractivity contribution in [1.29, 1.82) is 0 Å². The number of hydrogen-bond donors (Lipinski definition) is 1. The summed E-state index contributed by atoms with van der Waals surface area (Å²) in [6.07, 6.45) is 5.89. The van der Waals surface area contributed by atoms with Crippen molar-refractivity contribution in [3.05, 3.63) is 36.0 Å². The first kappa shape index (κ1) is 11.7. The number of aromatic amines is 1. The number of aromatic nitrogens is 1. The summed E-state index contributed by atoms with van der Waals surface area (Å²) in [6, 6.07) is 8.23. The van der Waals surface area contributed by atoms with E-state index in [2.05, 4.69) is 17.1 Å². The van der Waals surface area contributed by atoms with Crippen molar-refractivity contribution >= 4 is 16.9 Å². The topological polar surface area (TPSA) is 55.9 Å². The smallest absolute Gasteiger partial charge is 0.0456 e. The highest BCUT2D eigenvalue weighted by molar-refractivity contribution is 5.82. The first-order valence-electron chi connectivity index (χ1n) is 6.02. The van der Waals surface area contributed by atoms with Crippen LogP contribution in [0.2, 0.25) is 0 Å². The third kappa shape index (κ3) is 3.09. The lowest BCUT2D eigenvalue weighted by molar-refractivity contribution is -0.305. The van der Waals surface area contributed by atoms with Crippen LogP contribution in [-0.4, -0.2) is 11.0 Å². The number of carbonyl (C=O) groups excluding carboxylic acids is 1. The Morgan fingerprint density at radius 2 is 2.00 bits per heavy atom. The molecule has 0 saturated heterocycles. The standard InChI is InChI=1S/C14H17NO2/c16-14(17)9-3-1-2-6-11-10-15-13-8-5-4-7-12(11)13/h4-5,7-8,10,15H,1-3,6,9H2,(H,16,17)/p-1. The number of benzene rings is 1. The average molecular weight is 230 g/mol. The molecule has 1 heterocycles. The minimum absolute atomic E-state index is 0.174. The Morgan fingerprint density at radius 3 is 2.82 bits per heavy atom. The van der Waals surface area contributed by atoms with Crippen LogP contribution < -0.4 is 5.11 Å². The molecular weight excluding hydrogens is 214 g/mol. The molecule has 0 unspecified atom stereocenters. The first-order chi connectivity index (χ1) is 8.27. The van der Waals surface area contributed by atoms with Crippen LogP contribution >= 0.6 is 0 Å². The number of para-hydroxylation sites is 1. The molecule has 0 aliphatic rings. The second kappa shape index (κ2) is 5.53. The molecule has 17 heavy (non-hydrogen) atoms. The second-order valence-electron chi connectivity index (χ2n) is 4.29. The van der Waals surface area contributed by atoms with Crippen molar-refractivity contribution in [1.82, 2.24) is 4.98 Å². The van der Waals surface area contributed by atoms with E-state index in [9.17, 15) is 9.90 Å². The maximum atomic E-state index is 10.2. The maximum absolute atomic E-state index is 10.2. The molecule has 0 aliphatic heterocycles. The average Bonchev–Trinajstić information content (AvgIpc) is 2.72. The summed E-state index contributed by atoms with van der Waals surface area (Å²) >= 11 is 0. The van der Waals surface area contributed by atoms with Crippen LogP contribution in [0.4, 0.5) is 0 Å². The van der Waals surface area contributed by atoms with E-state index in [4.69, 9.17) is 0 Å². The van der Waals surface area contributed by atoms with Gasteiger partial charge in [-0.1, -0.05) is 24.6 Å². The fourth-order valence-corrected chi connectivity index (χ4v) is 2.10. The maximum Gasteiger partial charge on any atom is 0.0456 e. The van der Waals surface area contributed by atoms with Gasteiger partial charge in [0.15, 0.2) is 0 Å². The molecule has 0 spiro atoms. The molecule has 0 saturated carbocycles. The lowest BCUT2D eigenvalue weighted by Crippen LogP contribution is -2.21. The number of aryl methyl sites for hydroxylation is 1. The number of nitrogens with one attached hydrogen (secondary N) is 1. The fraction of sp³-hybridized carbons (Fsp3) is 0.357. The summed E-state index contributed by atoms with van der Waals surface area (Å²) in [5.41, 5.74) is 2.48. The van der Waals surface area contributed by atoms with E-state index in [1.54, 1.807) is 0 Å². The number of fused-ring (bicyclic) bond motifs is 1. The number of H-pyrrole nitrogens is 1. The van der Waals surface area contributed by atoms with E-state index in [1.165, 1.54) is 10.9 Å². The third-order valence-corrected chi connectivity index (χ3v) is 3.00. The molecule has 0 fully saturated rings.